The van der Waals surface area contributed by atoms with E-state index in [-0.39, 0.29) is 11.7 Å². The number of hydrogen-bond donors (Lipinski definition) is 2. The lowest BCUT2D eigenvalue weighted by Gasteiger charge is -2.32. The Morgan fingerprint density at radius 1 is 1.00 bits per heavy atom. The number of piperazine rings is 1. The van der Waals surface area contributed by atoms with Crippen LogP contribution in [0.25, 0.3) is 16.8 Å². The van der Waals surface area contributed by atoms with E-state index in [1.807, 2.05) is 25.1 Å². The molecule has 2 N–H and O–H groups in total. The lowest BCUT2D eigenvalue weighted by molar-refractivity contribution is -0.116. The molecular weight excluding hydrogens is 519 g/mol. The third kappa shape index (κ3) is 7.52. The summed E-state index contributed by atoms with van der Waals surface area (Å²) in [4.78, 5) is 23.9. The number of carbonyl (C=O) groups excluding carboxylic acids is 1. The Balaban J connectivity index is 1.36. The molecule has 9 nitrogen and oxygen atoms in total. The molecule has 0 aliphatic carbocycles. The number of amides is 1. The first kappa shape index (κ1) is 28.8. The zero-order chi connectivity index (χ0) is 28.8. The molecule has 2 aliphatic heterocycles. The predicted octanol–water partition coefficient (Wildman–Crippen LogP) is 4.28. The van der Waals surface area contributed by atoms with E-state index >= 15 is 0 Å². The number of rotatable bonds is 9. The molecular formula is C31H39FN8O. The van der Waals surface area contributed by atoms with Crippen LogP contribution in [-0.2, 0) is 11.2 Å². The minimum atomic E-state index is -0.334. The maximum Gasteiger partial charge on any atom is 0.226 e. The van der Waals surface area contributed by atoms with Crippen molar-refractivity contribution >= 4 is 28.7 Å². The molecule has 0 saturated carbocycles. The minimum absolute atomic E-state index is 0.0649. The summed E-state index contributed by atoms with van der Waals surface area (Å²) >= 11 is 0. The third-order valence-electron chi connectivity index (χ3n) is 7.78. The highest BCUT2D eigenvalue weighted by Gasteiger charge is 2.19. The van der Waals surface area contributed by atoms with Crippen molar-refractivity contribution in [3.05, 3.63) is 65.7 Å². The van der Waals surface area contributed by atoms with Crippen molar-refractivity contribution in [1.29, 1.82) is 0 Å². The molecule has 0 spiro atoms. The van der Waals surface area contributed by atoms with E-state index in [0.717, 1.165) is 86.9 Å². The van der Waals surface area contributed by atoms with Crippen LogP contribution in [0.4, 0.5) is 21.6 Å². The highest BCUT2D eigenvalue weighted by molar-refractivity contribution is 5.90. The van der Waals surface area contributed by atoms with Gasteiger partial charge < -0.3 is 25.3 Å². The van der Waals surface area contributed by atoms with Gasteiger partial charge in [0.05, 0.1) is 11.4 Å². The number of aromatic nitrogens is 3. The summed E-state index contributed by atoms with van der Waals surface area (Å²) in [6, 6.07) is 10.6. The van der Waals surface area contributed by atoms with Crippen molar-refractivity contribution in [1.82, 2.24) is 29.9 Å². The van der Waals surface area contributed by atoms with Gasteiger partial charge in [0.2, 0.25) is 5.91 Å². The van der Waals surface area contributed by atoms with E-state index in [1.54, 1.807) is 18.3 Å². The van der Waals surface area contributed by atoms with Crippen LogP contribution < -0.4 is 10.6 Å². The Labute approximate surface area is 241 Å². The number of pyridine rings is 1. The Morgan fingerprint density at radius 2 is 1.83 bits per heavy atom. The molecule has 1 saturated heterocycles. The lowest BCUT2D eigenvalue weighted by Crippen LogP contribution is -2.45. The number of aryl methyl sites for hydroxylation is 1. The number of benzene rings is 1. The second kappa shape index (κ2) is 13.3. The van der Waals surface area contributed by atoms with Crippen molar-refractivity contribution in [2.75, 3.05) is 70.5 Å². The molecule has 5 rings (SSSR count). The van der Waals surface area contributed by atoms with Gasteiger partial charge in [-0.2, -0.15) is 0 Å². The van der Waals surface area contributed by atoms with E-state index in [9.17, 15) is 9.18 Å². The quantitative estimate of drug-likeness (QED) is 0.403. The molecule has 0 bridgehead atoms. The number of halogens is 1. The SMILES string of the molecule is CCc1ccc(F)c(-c2cc(Nc3ccnc(NC(=O)CCN4CCN(C)CC4)c3)c(C3=CCN(C)CC3)nn2)c1. The zero-order valence-corrected chi connectivity index (χ0v) is 24.2. The van der Waals surface area contributed by atoms with Crippen LogP contribution >= 0.6 is 0 Å². The van der Waals surface area contributed by atoms with Crippen molar-refractivity contribution < 1.29 is 9.18 Å². The van der Waals surface area contributed by atoms with E-state index < -0.39 is 0 Å². The summed E-state index contributed by atoms with van der Waals surface area (Å²) in [5, 5.41) is 15.4. The number of nitrogens with zero attached hydrogens (tertiary/aromatic N) is 6. The molecule has 10 heteroatoms. The van der Waals surface area contributed by atoms with Crippen LogP contribution in [0.15, 0.2) is 48.7 Å². The van der Waals surface area contributed by atoms with Gasteiger partial charge in [-0.05, 0) is 62.3 Å². The van der Waals surface area contributed by atoms with Crippen LogP contribution in [0.2, 0.25) is 0 Å². The molecule has 0 radical (unpaired) electrons. The van der Waals surface area contributed by atoms with E-state index in [1.165, 1.54) is 6.07 Å². The van der Waals surface area contributed by atoms with Crippen LogP contribution in [0.5, 0.6) is 0 Å². The van der Waals surface area contributed by atoms with Gasteiger partial charge in [0.25, 0.3) is 0 Å². The number of carbonyl (C=O) groups is 1. The second-order valence-corrected chi connectivity index (χ2v) is 10.9. The van der Waals surface area contributed by atoms with Gasteiger partial charge >= 0.3 is 0 Å². The average Bonchev–Trinajstić information content (AvgIpc) is 2.98. The second-order valence-electron chi connectivity index (χ2n) is 10.9. The number of hydrogen-bond acceptors (Lipinski definition) is 8. The number of likely N-dealkylation sites (N-methyl/N-ethyl adjacent to an activating group) is 2. The zero-order valence-electron chi connectivity index (χ0n) is 24.2. The van der Waals surface area contributed by atoms with Crippen molar-refractivity contribution in [2.24, 2.45) is 0 Å². The van der Waals surface area contributed by atoms with Crippen molar-refractivity contribution in [3.63, 3.8) is 0 Å². The van der Waals surface area contributed by atoms with Gasteiger partial charge in [-0.15, -0.1) is 10.2 Å². The molecule has 41 heavy (non-hydrogen) atoms. The maximum atomic E-state index is 14.9. The molecule has 2 aromatic heterocycles. The summed E-state index contributed by atoms with van der Waals surface area (Å²) in [6.45, 7) is 8.51. The molecule has 3 aromatic rings. The fourth-order valence-electron chi connectivity index (χ4n) is 5.10. The lowest BCUT2D eigenvalue weighted by atomic mass is 10.0. The summed E-state index contributed by atoms with van der Waals surface area (Å²) < 4.78 is 14.9. The van der Waals surface area contributed by atoms with Crippen LogP contribution in [0.3, 0.4) is 0 Å². The third-order valence-corrected chi connectivity index (χ3v) is 7.78. The van der Waals surface area contributed by atoms with Gasteiger partial charge in [0, 0.05) is 75.7 Å². The Hall–Kier alpha value is -3.73. The van der Waals surface area contributed by atoms with E-state index in [4.69, 9.17) is 0 Å². The average molecular weight is 559 g/mol. The van der Waals surface area contributed by atoms with Crippen LogP contribution in [0.1, 0.15) is 31.0 Å². The topological polar surface area (TPSA) is 89.5 Å². The smallest absolute Gasteiger partial charge is 0.226 e. The Morgan fingerprint density at radius 3 is 2.59 bits per heavy atom. The van der Waals surface area contributed by atoms with E-state index in [0.29, 0.717) is 23.5 Å². The Kier molecular flexibility index (Phi) is 9.33. The summed E-state index contributed by atoms with van der Waals surface area (Å²) in [5.74, 6) is 0.0754. The molecule has 1 amide bonds. The molecule has 0 unspecified atom stereocenters. The van der Waals surface area contributed by atoms with Crippen molar-refractivity contribution in [2.45, 2.75) is 26.2 Å². The highest BCUT2D eigenvalue weighted by Crippen LogP contribution is 2.33. The maximum absolute atomic E-state index is 14.9. The fourth-order valence-corrected chi connectivity index (χ4v) is 5.10. The largest absolute Gasteiger partial charge is 0.353 e. The van der Waals surface area contributed by atoms with Gasteiger partial charge in [-0.1, -0.05) is 19.1 Å². The number of nitrogens with one attached hydrogen (secondary N) is 2. The summed E-state index contributed by atoms with van der Waals surface area (Å²) in [5.41, 5.74) is 5.22. The normalized spacial score (nSPS) is 16.8. The monoisotopic (exact) mass is 558 g/mol. The van der Waals surface area contributed by atoms with Gasteiger partial charge in [0.1, 0.15) is 17.3 Å². The van der Waals surface area contributed by atoms with Crippen LogP contribution in [-0.4, -0.2) is 95.7 Å². The number of anilines is 3. The molecule has 0 atom stereocenters. The molecule has 1 aromatic carbocycles. The van der Waals surface area contributed by atoms with Crippen molar-refractivity contribution in [3.8, 4) is 11.3 Å². The standard InChI is InChI=1S/C31H39FN8O/c1-4-22-5-6-26(32)25(19-22)27-21-28(31(37-36-27)23-8-12-38(2)13-9-23)34-24-7-11-33-29(20-24)35-30(41)10-14-40-17-15-39(3)16-18-40/h5-8,11,19-21H,4,9-10,12-18H2,1-3H3,(H2,33,34,35,36,41). The molecule has 216 valence electrons. The summed E-state index contributed by atoms with van der Waals surface area (Å²) in [6.07, 6.45) is 5.87. The molecule has 2 aliphatic rings. The molecule has 1 fully saturated rings. The van der Waals surface area contributed by atoms with Gasteiger partial charge in [-0.25, -0.2) is 9.37 Å². The summed E-state index contributed by atoms with van der Waals surface area (Å²) in [7, 11) is 4.21. The first-order chi connectivity index (χ1) is 19.9. The molecule has 4 heterocycles. The van der Waals surface area contributed by atoms with Crippen LogP contribution in [0, 0.1) is 5.82 Å². The van der Waals surface area contributed by atoms with Gasteiger partial charge in [0.15, 0.2) is 0 Å². The predicted molar refractivity (Wildman–Crippen MR) is 162 cm³/mol. The first-order valence-electron chi connectivity index (χ1n) is 14.4. The van der Waals surface area contributed by atoms with Gasteiger partial charge in [-0.3, -0.25) is 4.79 Å². The first-order valence-corrected chi connectivity index (χ1v) is 14.4. The Bertz CT molecular complexity index is 1400. The fraction of sp³-hybridized carbons (Fsp3) is 0.419. The highest BCUT2D eigenvalue weighted by atomic mass is 19.1. The minimum Gasteiger partial charge on any atom is -0.353 e. The van der Waals surface area contributed by atoms with E-state index in [2.05, 4.69) is 60.7 Å².